The number of carboxylic acid groups (broad SMARTS) is 1. The van der Waals surface area contributed by atoms with Crippen LogP contribution < -0.4 is 10.6 Å². The molecule has 0 aliphatic heterocycles. The molecule has 0 saturated heterocycles. The zero-order chi connectivity index (χ0) is 18.3. The Morgan fingerprint density at radius 3 is 2.58 bits per heavy atom. The lowest BCUT2D eigenvalue weighted by Gasteiger charge is -2.24. The van der Waals surface area contributed by atoms with Crippen molar-refractivity contribution < 1.29 is 19.6 Å². The molecular weight excluding hydrogens is 316 g/mol. The Labute approximate surface area is 139 Å². The fraction of sp³-hybridized carbons (Fsp3) is 0.533. The highest BCUT2D eigenvalue weighted by Crippen LogP contribution is 2.22. The van der Waals surface area contributed by atoms with E-state index in [9.17, 15) is 19.7 Å². The summed E-state index contributed by atoms with van der Waals surface area (Å²) < 4.78 is 0. The van der Waals surface area contributed by atoms with Gasteiger partial charge < -0.3 is 15.7 Å². The SMILES string of the molecule is CCCC(NC(=O)C(Nc1ncccc1[N+](=O)[O-])C(C)C)C(=O)O. The Hall–Kier alpha value is -2.71. The fourth-order valence-electron chi connectivity index (χ4n) is 2.15. The van der Waals surface area contributed by atoms with Crippen molar-refractivity contribution >= 4 is 23.4 Å². The van der Waals surface area contributed by atoms with Crippen molar-refractivity contribution in [3.63, 3.8) is 0 Å². The lowest BCUT2D eigenvalue weighted by Crippen LogP contribution is -2.49. The van der Waals surface area contributed by atoms with Gasteiger partial charge in [-0.25, -0.2) is 9.78 Å². The Morgan fingerprint density at radius 2 is 2.08 bits per heavy atom. The summed E-state index contributed by atoms with van der Waals surface area (Å²) >= 11 is 0. The molecule has 2 unspecified atom stereocenters. The van der Waals surface area contributed by atoms with Gasteiger partial charge in [-0.05, 0) is 18.4 Å². The van der Waals surface area contributed by atoms with E-state index in [1.807, 2.05) is 6.92 Å². The standard InChI is InChI=1S/C15H22N4O5/c1-4-6-10(15(21)22)17-14(20)12(9(2)3)18-13-11(19(23)24)7-5-8-16-13/h5,7-10,12H,4,6H2,1-3H3,(H,16,18)(H,17,20)(H,21,22). The van der Waals surface area contributed by atoms with Crippen molar-refractivity contribution in [2.45, 2.75) is 45.7 Å². The molecule has 0 radical (unpaired) electrons. The van der Waals surface area contributed by atoms with Crippen LogP contribution in [0.1, 0.15) is 33.6 Å². The summed E-state index contributed by atoms with van der Waals surface area (Å²) in [5.74, 6) is -1.91. The van der Waals surface area contributed by atoms with Crippen molar-refractivity contribution in [2.24, 2.45) is 5.92 Å². The number of hydrogen-bond donors (Lipinski definition) is 3. The molecular formula is C15H22N4O5. The zero-order valence-electron chi connectivity index (χ0n) is 13.9. The topological polar surface area (TPSA) is 134 Å². The minimum absolute atomic E-state index is 0.0290. The second-order valence-corrected chi connectivity index (χ2v) is 5.68. The molecule has 132 valence electrons. The highest BCUT2D eigenvalue weighted by molar-refractivity contribution is 5.89. The summed E-state index contributed by atoms with van der Waals surface area (Å²) in [4.78, 5) is 38.0. The van der Waals surface area contributed by atoms with E-state index < -0.39 is 28.9 Å². The number of anilines is 1. The zero-order valence-corrected chi connectivity index (χ0v) is 13.9. The van der Waals surface area contributed by atoms with Gasteiger partial charge in [-0.1, -0.05) is 27.2 Å². The number of carboxylic acids is 1. The fourth-order valence-corrected chi connectivity index (χ4v) is 2.15. The molecule has 1 aromatic rings. The highest BCUT2D eigenvalue weighted by atomic mass is 16.6. The van der Waals surface area contributed by atoms with Crippen LogP contribution in [0.15, 0.2) is 18.3 Å². The highest BCUT2D eigenvalue weighted by Gasteiger charge is 2.29. The van der Waals surface area contributed by atoms with Crippen molar-refractivity contribution in [3.05, 3.63) is 28.4 Å². The molecule has 0 fully saturated rings. The number of nitro groups is 1. The lowest BCUT2D eigenvalue weighted by atomic mass is 10.0. The van der Waals surface area contributed by atoms with Crippen LogP contribution in [0.5, 0.6) is 0 Å². The smallest absolute Gasteiger partial charge is 0.326 e. The summed E-state index contributed by atoms with van der Waals surface area (Å²) in [6.45, 7) is 5.32. The molecule has 2 atom stereocenters. The average molecular weight is 338 g/mol. The Morgan fingerprint density at radius 1 is 1.42 bits per heavy atom. The van der Waals surface area contributed by atoms with Gasteiger partial charge in [0.25, 0.3) is 0 Å². The predicted molar refractivity (Wildman–Crippen MR) is 87.6 cm³/mol. The van der Waals surface area contributed by atoms with Crippen LogP contribution in [0.3, 0.4) is 0 Å². The number of aromatic nitrogens is 1. The van der Waals surface area contributed by atoms with Gasteiger partial charge in [-0.3, -0.25) is 14.9 Å². The Balaban J connectivity index is 2.97. The number of hydrogen-bond acceptors (Lipinski definition) is 6. The molecule has 1 rings (SSSR count). The number of rotatable bonds is 9. The molecule has 0 aliphatic carbocycles. The third-order valence-corrected chi connectivity index (χ3v) is 3.42. The molecule has 0 spiro atoms. The first-order valence-corrected chi connectivity index (χ1v) is 7.67. The lowest BCUT2D eigenvalue weighted by molar-refractivity contribution is -0.384. The van der Waals surface area contributed by atoms with Crippen LogP contribution in [0, 0.1) is 16.0 Å². The van der Waals surface area contributed by atoms with Crippen molar-refractivity contribution in [3.8, 4) is 0 Å². The average Bonchev–Trinajstić information content (AvgIpc) is 2.51. The van der Waals surface area contributed by atoms with Crippen LogP contribution in [-0.2, 0) is 9.59 Å². The molecule has 9 heteroatoms. The number of carbonyl (C=O) groups excluding carboxylic acids is 1. The van der Waals surface area contributed by atoms with Gasteiger partial charge in [-0.2, -0.15) is 0 Å². The van der Waals surface area contributed by atoms with Gasteiger partial charge in [0.05, 0.1) is 4.92 Å². The van der Waals surface area contributed by atoms with E-state index in [1.165, 1.54) is 18.3 Å². The second kappa shape index (κ2) is 8.80. The van der Waals surface area contributed by atoms with Gasteiger partial charge in [0, 0.05) is 12.3 Å². The molecule has 0 aliphatic rings. The number of amides is 1. The molecule has 3 N–H and O–H groups in total. The first-order valence-electron chi connectivity index (χ1n) is 7.67. The van der Waals surface area contributed by atoms with Crippen LogP contribution in [-0.4, -0.2) is 39.0 Å². The maximum Gasteiger partial charge on any atom is 0.326 e. The second-order valence-electron chi connectivity index (χ2n) is 5.68. The molecule has 1 aromatic heterocycles. The minimum atomic E-state index is -1.11. The van der Waals surface area contributed by atoms with Crippen molar-refractivity contribution in [1.82, 2.24) is 10.3 Å². The maximum absolute atomic E-state index is 12.4. The molecule has 0 aromatic carbocycles. The predicted octanol–water partition coefficient (Wildman–Crippen LogP) is 1.80. The number of carbonyl (C=O) groups is 2. The molecule has 1 heterocycles. The van der Waals surface area contributed by atoms with Crippen LogP contribution >= 0.6 is 0 Å². The maximum atomic E-state index is 12.4. The first-order chi connectivity index (χ1) is 11.3. The normalized spacial score (nSPS) is 13.2. The molecule has 24 heavy (non-hydrogen) atoms. The van der Waals surface area contributed by atoms with Crippen LogP contribution in [0.2, 0.25) is 0 Å². The van der Waals surface area contributed by atoms with Crippen molar-refractivity contribution in [1.29, 1.82) is 0 Å². The number of nitrogens with one attached hydrogen (secondary N) is 2. The first kappa shape index (κ1) is 19.3. The quantitative estimate of drug-likeness (QED) is 0.461. The van der Waals surface area contributed by atoms with Gasteiger partial charge in [0.1, 0.15) is 12.1 Å². The third kappa shape index (κ3) is 5.18. The number of aliphatic carboxylic acids is 1. The van der Waals surface area contributed by atoms with Gasteiger partial charge in [0.15, 0.2) is 0 Å². The number of pyridine rings is 1. The minimum Gasteiger partial charge on any atom is -0.480 e. The Bertz CT molecular complexity index is 605. The summed E-state index contributed by atoms with van der Waals surface area (Å²) in [7, 11) is 0. The summed E-state index contributed by atoms with van der Waals surface area (Å²) in [5.41, 5.74) is -0.251. The van der Waals surface area contributed by atoms with Crippen LogP contribution in [0.4, 0.5) is 11.5 Å². The molecule has 9 nitrogen and oxygen atoms in total. The monoisotopic (exact) mass is 338 g/mol. The summed E-state index contributed by atoms with van der Waals surface area (Å²) in [5, 5.41) is 25.4. The number of nitrogens with zero attached hydrogens (tertiary/aromatic N) is 2. The summed E-state index contributed by atoms with van der Waals surface area (Å²) in [6, 6.07) is 0.860. The van der Waals surface area contributed by atoms with Gasteiger partial charge in [-0.15, -0.1) is 0 Å². The van der Waals surface area contributed by atoms with Crippen molar-refractivity contribution in [2.75, 3.05) is 5.32 Å². The van der Waals surface area contributed by atoms with E-state index in [0.29, 0.717) is 12.8 Å². The molecule has 0 bridgehead atoms. The largest absolute Gasteiger partial charge is 0.480 e. The molecule has 1 amide bonds. The Kier molecular flexibility index (Phi) is 7.09. The van der Waals surface area contributed by atoms with E-state index >= 15 is 0 Å². The van der Waals surface area contributed by atoms with Gasteiger partial charge in [0.2, 0.25) is 11.7 Å². The van der Waals surface area contributed by atoms with E-state index in [1.54, 1.807) is 13.8 Å². The van der Waals surface area contributed by atoms with Gasteiger partial charge >= 0.3 is 11.7 Å². The van der Waals surface area contributed by atoms with E-state index in [0.717, 1.165) is 0 Å². The summed E-state index contributed by atoms with van der Waals surface area (Å²) in [6.07, 6.45) is 2.28. The van der Waals surface area contributed by atoms with E-state index in [-0.39, 0.29) is 17.4 Å². The van der Waals surface area contributed by atoms with E-state index in [4.69, 9.17) is 5.11 Å². The molecule has 0 saturated carbocycles. The third-order valence-electron chi connectivity index (χ3n) is 3.42. The van der Waals surface area contributed by atoms with E-state index in [2.05, 4.69) is 15.6 Å². The van der Waals surface area contributed by atoms with Crippen LogP contribution in [0.25, 0.3) is 0 Å².